The van der Waals surface area contributed by atoms with Crippen LogP contribution in [0.1, 0.15) is 19.3 Å². The molecule has 1 aliphatic heterocycles. The minimum absolute atomic E-state index is 0.0190. The summed E-state index contributed by atoms with van der Waals surface area (Å²) in [6.07, 6.45) is 2.66. The first-order valence-corrected chi connectivity index (χ1v) is 8.58. The minimum atomic E-state index is -0.122. The monoisotopic (exact) mass is 332 g/mol. The maximum Gasteiger partial charge on any atom is 0.260 e. The van der Waals surface area contributed by atoms with Gasteiger partial charge in [-0.15, -0.1) is 0 Å². The van der Waals surface area contributed by atoms with Gasteiger partial charge in [0, 0.05) is 19.1 Å². The van der Waals surface area contributed by atoms with Gasteiger partial charge in [0.2, 0.25) is 5.91 Å². The number of para-hydroxylation sites is 1. The van der Waals surface area contributed by atoms with Crippen molar-refractivity contribution in [1.29, 1.82) is 0 Å². The van der Waals surface area contributed by atoms with Gasteiger partial charge in [0.05, 0.1) is 19.1 Å². The summed E-state index contributed by atoms with van der Waals surface area (Å²) in [6, 6.07) is 9.23. The average Bonchev–Trinajstić information content (AvgIpc) is 3.09. The maximum absolute atomic E-state index is 12.7. The van der Waals surface area contributed by atoms with E-state index in [1.54, 1.807) is 4.90 Å². The first-order chi connectivity index (χ1) is 11.8. The highest BCUT2D eigenvalue weighted by molar-refractivity contribution is 5.82. The van der Waals surface area contributed by atoms with Crippen LogP contribution in [0.2, 0.25) is 0 Å². The molecule has 130 valence electrons. The number of ether oxygens (including phenoxy) is 2. The molecule has 1 aromatic carbocycles. The molecule has 0 bridgehead atoms. The lowest BCUT2D eigenvalue weighted by molar-refractivity contribution is -0.140. The first kappa shape index (κ1) is 16.8. The van der Waals surface area contributed by atoms with Crippen molar-refractivity contribution in [3.63, 3.8) is 0 Å². The summed E-state index contributed by atoms with van der Waals surface area (Å²) in [5.41, 5.74) is 0. The zero-order chi connectivity index (χ0) is 16.8. The summed E-state index contributed by atoms with van der Waals surface area (Å²) < 4.78 is 11.1. The van der Waals surface area contributed by atoms with E-state index >= 15 is 0 Å². The Balaban J connectivity index is 1.67. The summed E-state index contributed by atoms with van der Waals surface area (Å²) >= 11 is 0. The predicted molar refractivity (Wildman–Crippen MR) is 88.6 cm³/mol. The van der Waals surface area contributed by atoms with Gasteiger partial charge in [0.25, 0.3) is 5.91 Å². The van der Waals surface area contributed by atoms with Crippen LogP contribution in [-0.4, -0.2) is 55.7 Å². The van der Waals surface area contributed by atoms with Crippen LogP contribution in [0.5, 0.6) is 5.75 Å². The van der Waals surface area contributed by atoms with E-state index < -0.39 is 0 Å². The number of nitrogens with one attached hydrogen (secondary N) is 1. The zero-order valence-electron chi connectivity index (χ0n) is 13.8. The normalized spacial score (nSPS) is 24.8. The Morgan fingerprint density at radius 2 is 2.08 bits per heavy atom. The zero-order valence-corrected chi connectivity index (χ0v) is 13.8. The van der Waals surface area contributed by atoms with Crippen LogP contribution in [0.25, 0.3) is 0 Å². The van der Waals surface area contributed by atoms with Crippen LogP contribution < -0.4 is 10.1 Å². The highest BCUT2D eigenvalue weighted by Gasteiger charge is 2.39. The summed E-state index contributed by atoms with van der Waals surface area (Å²) in [5.74, 6) is 0.491. The second kappa shape index (κ2) is 8.15. The molecule has 2 amide bonds. The number of nitrogens with zero attached hydrogens (tertiary/aromatic N) is 1. The molecular formula is C18H24N2O4. The molecule has 6 nitrogen and oxygen atoms in total. The van der Waals surface area contributed by atoms with Gasteiger partial charge < -0.3 is 19.7 Å². The van der Waals surface area contributed by atoms with E-state index in [1.165, 1.54) is 0 Å². The molecule has 24 heavy (non-hydrogen) atoms. The van der Waals surface area contributed by atoms with Crippen molar-refractivity contribution in [2.75, 3.05) is 32.9 Å². The second-order valence-corrected chi connectivity index (χ2v) is 6.20. The van der Waals surface area contributed by atoms with Gasteiger partial charge in [-0.2, -0.15) is 0 Å². The highest BCUT2D eigenvalue weighted by Crippen LogP contribution is 2.30. The van der Waals surface area contributed by atoms with Gasteiger partial charge in [0.1, 0.15) is 5.75 Å². The van der Waals surface area contributed by atoms with E-state index in [1.807, 2.05) is 30.3 Å². The molecule has 0 aromatic heterocycles. The quantitative estimate of drug-likeness (QED) is 0.903. The van der Waals surface area contributed by atoms with Crippen LogP contribution >= 0.6 is 0 Å². The van der Waals surface area contributed by atoms with Crippen LogP contribution in [0.4, 0.5) is 0 Å². The minimum Gasteiger partial charge on any atom is -0.484 e. The number of hydrogen-bond donors (Lipinski definition) is 1. The van der Waals surface area contributed by atoms with Crippen LogP contribution in [0.3, 0.4) is 0 Å². The number of hydrogen-bond acceptors (Lipinski definition) is 4. The summed E-state index contributed by atoms with van der Waals surface area (Å²) in [4.78, 5) is 26.8. The average molecular weight is 332 g/mol. The number of carbonyl (C=O) groups excluding carboxylic acids is 2. The van der Waals surface area contributed by atoms with Gasteiger partial charge in [-0.3, -0.25) is 9.59 Å². The number of rotatable bonds is 3. The third-order valence-corrected chi connectivity index (χ3v) is 4.66. The second-order valence-electron chi connectivity index (χ2n) is 6.20. The maximum atomic E-state index is 12.7. The molecule has 6 heteroatoms. The van der Waals surface area contributed by atoms with Crippen LogP contribution in [0, 0.1) is 5.92 Å². The molecule has 1 saturated heterocycles. The largest absolute Gasteiger partial charge is 0.484 e. The highest BCUT2D eigenvalue weighted by atomic mass is 16.5. The molecule has 1 N–H and O–H groups in total. The molecule has 2 aliphatic rings. The predicted octanol–water partition coefficient (Wildman–Crippen LogP) is 1.21. The molecule has 1 saturated carbocycles. The van der Waals surface area contributed by atoms with Crippen molar-refractivity contribution in [3.05, 3.63) is 30.3 Å². The van der Waals surface area contributed by atoms with E-state index in [-0.39, 0.29) is 30.4 Å². The molecule has 2 unspecified atom stereocenters. The number of amides is 2. The van der Waals surface area contributed by atoms with Crippen molar-refractivity contribution in [1.82, 2.24) is 10.2 Å². The number of fused-ring (bicyclic) bond motifs is 1. The fourth-order valence-corrected chi connectivity index (χ4v) is 3.48. The fourth-order valence-electron chi connectivity index (χ4n) is 3.48. The van der Waals surface area contributed by atoms with E-state index in [0.717, 1.165) is 19.3 Å². The van der Waals surface area contributed by atoms with Crippen molar-refractivity contribution < 1.29 is 19.1 Å². The summed E-state index contributed by atoms with van der Waals surface area (Å²) in [6.45, 7) is 1.98. The summed E-state index contributed by atoms with van der Waals surface area (Å²) in [5, 5.41) is 2.91. The molecule has 0 radical (unpaired) electrons. The van der Waals surface area contributed by atoms with Gasteiger partial charge in [-0.1, -0.05) is 24.6 Å². The smallest absolute Gasteiger partial charge is 0.260 e. The molecular weight excluding hydrogens is 308 g/mol. The Kier molecular flexibility index (Phi) is 5.69. The third-order valence-electron chi connectivity index (χ3n) is 4.66. The Hall–Kier alpha value is -2.08. The third kappa shape index (κ3) is 4.06. The van der Waals surface area contributed by atoms with E-state index in [4.69, 9.17) is 9.47 Å². The number of carbonyl (C=O) groups is 2. The Bertz CT molecular complexity index is 563. The topological polar surface area (TPSA) is 67.9 Å². The lowest BCUT2D eigenvalue weighted by Gasteiger charge is -2.33. The van der Waals surface area contributed by atoms with Crippen molar-refractivity contribution >= 4 is 11.8 Å². The van der Waals surface area contributed by atoms with Gasteiger partial charge in [0.15, 0.2) is 6.61 Å². The molecule has 1 aromatic rings. The van der Waals surface area contributed by atoms with Crippen LogP contribution in [-0.2, 0) is 14.3 Å². The SMILES string of the molecule is O=C1NCCOCCN(C(=O)COc2ccccc2)C2CCCC12. The van der Waals surface area contributed by atoms with Gasteiger partial charge in [-0.05, 0) is 25.0 Å². The molecule has 3 rings (SSSR count). The van der Waals surface area contributed by atoms with E-state index in [9.17, 15) is 9.59 Å². The van der Waals surface area contributed by atoms with Crippen molar-refractivity contribution in [2.45, 2.75) is 25.3 Å². The van der Waals surface area contributed by atoms with Crippen molar-refractivity contribution in [3.8, 4) is 5.75 Å². The lowest BCUT2D eigenvalue weighted by atomic mass is 10.0. The summed E-state index contributed by atoms with van der Waals surface area (Å²) in [7, 11) is 0. The lowest BCUT2D eigenvalue weighted by Crippen LogP contribution is -2.50. The van der Waals surface area contributed by atoms with Gasteiger partial charge in [-0.25, -0.2) is 0 Å². The molecule has 2 atom stereocenters. The Labute approximate surface area is 142 Å². The molecule has 2 fully saturated rings. The number of benzene rings is 1. The molecule has 0 spiro atoms. The van der Waals surface area contributed by atoms with Gasteiger partial charge >= 0.3 is 0 Å². The molecule has 1 heterocycles. The van der Waals surface area contributed by atoms with Crippen molar-refractivity contribution in [2.24, 2.45) is 5.92 Å². The van der Waals surface area contributed by atoms with E-state index in [2.05, 4.69) is 5.32 Å². The van der Waals surface area contributed by atoms with Crippen LogP contribution in [0.15, 0.2) is 30.3 Å². The Morgan fingerprint density at radius 3 is 2.92 bits per heavy atom. The Morgan fingerprint density at radius 1 is 1.25 bits per heavy atom. The first-order valence-electron chi connectivity index (χ1n) is 8.58. The standard InChI is InChI=1S/C18H24N2O4/c21-17(13-24-14-5-2-1-3-6-14)20-10-12-23-11-9-19-18(22)15-7-4-8-16(15)20/h1-3,5-6,15-16H,4,7-13H2,(H,19,22). The van der Waals surface area contributed by atoms with E-state index in [0.29, 0.717) is 32.1 Å². The molecule has 1 aliphatic carbocycles. The fraction of sp³-hybridized carbons (Fsp3) is 0.556.